The third kappa shape index (κ3) is 0.766. The van der Waals surface area contributed by atoms with Crippen LogP contribution in [0.15, 0.2) is 11.1 Å². The van der Waals surface area contributed by atoms with E-state index in [9.17, 15) is 4.79 Å². The summed E-state index contributed by atoms with van der Waals surface area (Å²) in [5.41, 5.74) is 0.108. The Bertz CT molecular complexity index is 534. The zero-order chi connectivity index (χ0) is 8.72. The van der Waals surface area contributed by atoms with Gasteiger partial charge in [0.15, 0.2) is 10.3 Å². The number of rotatable bonds is 0. The van der Waals surface area contributed by atoms with Crippen LogP contribution in [0.1, 0.15) is 0 Å². The molecule has 4 N–H and O–H groups in total. The number of fused-ring (bicyclic) bond motifs is 1. The van der Waals surface area contributed by atoms with E-state index in [1.165, 1.54) is 6.33 Å². The van der Waals surface area contributed by atoms with Crippen molar-refractivity contribution in [2.24, 2.45) is 0 Å². The summed E-state index contributed by atoms with van der Waals surface area (Å²) < 4.78 is 0.249. The van der Waals surface area contributed by atoms with Gasteiger partial charge in [-0.25, -0.2) is 4.98 Å². The largest absolute Gasteiger partial charge is 0.324 e. The van der Waals surface area contributed by atoms with E-state index in [4.69, 9.17) is 18.1 Å². The van der Waals surface area contributed by atoms with Gasteiger partial charge in [0.2, 0.25) is 0 Å². The van der Waals surface area contributed by atoms with Crippen LogP contribution in [0.4, 0.5) is 0 Å². The van der Waals surface area contributed by atoms with Crippen molar-refractivity contribution in [2.75, 3.05) is 5.84 Å². The molecule has 0 amide bonds. The molecule has 0 saturated heterocycles. The second-order valence-electron chi connectivity index (χ2n) is 2.24. The smallest absolute Gasteiger partial charge is 0.263 e. The predicted molar refractivity (Wildman–Crippen MR) is 45.7 cm³/mol. The Morgan fingerprint density at radius 1 is 1.67 bits per heavy atom. The zero-order valence-corrected chi connectivity index (χ0v) is 6.68. The monoisotopic (exact) mass is 183 g/mol. The first-order chi connectivity index (χ1) is 5.70. The van der Waals surface area contributed by atoms with Gasteiger partial charge < -0.3 is 10.8 Å². The second kappa shape index (κ2) is 2.18. The van der Waals surface area contributed by atoms with Crippen molar-refractivity contribution in [1.29, 1.82) is 0 Å². The van der Waals surface area contributed by atoms with Gasteiger partial charge in [0, 0.05) is 0 Å². The molecule has 2 rings (SSSR count). The Morgan fingerprint density at radius 2 is 2.42 bits per heavy atom. The highest BCUT2D eigenvalue weighted by atomic mass is 32.1. The molecule has 12 heavy (non-hydrogen) atoms. The van der Waals surface area contributed by atoms with Crippen LogP contribution in [-0.4, -0.2) is 19.9 Å². The van der Waals surface area contributed by atoms with E-state index in [0.717, 1.165) is 4.79 Å². The summed E-state index contributed by atoms with van der Waals surface area (Å²) in [4.78, 5) is 18.5. The lowest BCUT2D eigenvalue weighted by atomic mass is 10.4. The molecule has 2 aromatic heterocycles. The van der Waals surface area contributed by atoms with Crippen LogP contribution in [0.3, 0.4) is 0 Å². The van der Waals surface area contributed by atoms with Gasteiger partial charge >= 0.3 is 0 Å². The molecule has 0 aliphatic rings. The maximum absolute atomic E-state index is 11.2. The molecule has 0 saturated carbocycles. The minimum absolute atomic E-state index is 0.249. The molecule has 0 bridgehead atoms. The first-order valence-corrected chi connectivity index (χ1v) is 3.54. The molecule has 0 atom stereocenters. The molecule has 0 unspecified atom stereocenters. The first kappa shape index (κ1) is 7.04. The van der Waals surface area contributed by atoms with E-state index < -0.39 is 0 Å². The molecule has 7 heteroatoms. The number of hydrogen-bond donors (Lipinski definition) is 3. The summed E-state index contributed by atoms with van der Waals surface area (Å²) in [5, 5.41) is 2.94. The maximum atomic E-state index is 11.2. The van der Waals surface area contributed by atoms with Crippen LogP contribution in [-0.2, 0) is 0 Å². The van der Waals surface area contributed by atoms with E-state index in [1.807, 2.05) is 0 Å². The summed E-state index contributed by atoms with van der Waals surface area (Å²) in [6.45, 7) is 0. The highest BCUT2D eigenvalue weighted by Gasteiger charge is 2.04. The maximum Gasteiger partial charge on any atom is 0.263 e. The van der Waals surface area contributed by atoms with Crippen LogP contribution in [0, 0.1) is 4.64 Å². The lowest BCUT2D eigenvalue weighted by Gasteiger charge is -1.84. The van der Waals surface area contributed by atoms with Crippen molar-refractivity contribution in [3.05, 3.63) is 21.3 Å². The number of nitrogens with zero attached hydrogens (tertiary/aromatic N) is 2. The second-order valence-corrected chi connectivity index (χ2v) is 2.63. The molecular formula is C5H5N5OS. The highest BCUT2D eigenvalue weighted by molar-refractivity contribution is 7.71. The van der Waals surface area contributed by atoms with Gasteiger partial charge in [-0.15, -0.1) is 0 Å². The number of nitrogens with one attached hydrogen (secondary N) is 2. The van der Waals surface area contributed by atoms with Gasteiger partial charge in [0.1, 0.15) is 5.39 Å². The number of nitrogens with two attached hydrogens (primary N) is 1. The minimum atomic E-state index is -0.287. The summed E-state index contributed by atoms with van der Waals surface area (Å²) in [7, 11) is 0. The standard InChI is InChI=1S/C5H5N5OS/c6-10-5(12)2-3(9-10)7-1-8-4(2)11/h1H,6H2,(H2,7,8,9,11). The molecule has 0 radical (unpaired) electrons. The first-order valence-electron chi connectivity index (χ1n) is 3.13. The van der Waals surface area contributed by atoms with Crippen LogP contribution < -0.4 is 11.4 Å². The Labute approximate surface area is 71.0 Å². The molecule has 0 fully saturated rings. The normalized spacial score (nSPS) is 10.7. The summed E-state index contributed by atoms with van der Waals surface area (Å²) in [6.07, 6.45) is 1.29. The molecular weight excluding hydrogens is 178 g/mol. The minimum Gasteiger partial charge on any atom is -0.324 e. The quantitative estimate of drug-likeness (QED) is 0.379. The van der Waals surface area contributed by atoms with Crippen LogP contribution in [0.5, 0.6) is 0 Å². The molecule has 62 valence electrons. The number of hydrogen-bond acceptors (Lipinski definition) is 4. The van der Waals surface area contributed by atoms with Crippen LogP contribution in [0.2, 0.25) is 0 Å². The Morgan fingerprint density at radius 3 is 3.08 bits per heavy atom. The van der Waals surface area contributed by atoms with Crippen molar-refractivity contribution < 1.29 is 0 Å². The third-order valence-corrected chi connectivity index (χ3v) is 1.91. The van der Waals surface area contributed by atoms with Crippen LogP contribution in [0.25, 0.3) is 11.0 Å². The SMILES string of the molecule is Nn1[nH]c2nc[nH]c(=O)c2c1=S. The molecule has 0 aliphatic carbocycles. The van der Waals surface area contributed by atoms with Crippen molar-refractivity contribution in [3.8, 4) is 0 Å². The average Bonchev–Trinajstić information content (AvgIpc) is 2.29. The van der Waals surface area contributed by atoms with E-state index in [-0.39, 0.29) is 10.2 Å². The fraction of sp³-hybridized carbons (Fsp3) is 0. The predicted octanol–water partition coefficient (Wildman–Crippen LogP) is -0.504. The van der Waals surface area contributed by atoms with Gasteiger partial charge in [-0.1, -0.05) is 12.2 Å². The van der Waals surface area contributed by atoms with E-state index in [0.29, 0.717) is 11.0 Å². The van der Waals surface area contributed by atoms with Gasteiger partial charge in [-0.05, 0) is 0 Å². The Hall–Kier alpha value is -1.63. The molecule has 0 spiro atoms. The molecule has 2 aromatic rings. The number of aromatic amines is 2. The Kier molecular flexibility index (Phi) is 1.28. The van der Waals surface area contributed by atoms with Gasteiger partial charge in [-0.2, -0.15) is 4.79 Å². The summed E-state index contributed by atoms with van der Waals surface area (Å²) >= 11 is 4.86. The molecule has 0 aliphatic heterocycles. The molecule has 0 aromatic carbocycles. The third-order valence-electron chi connectivity index (χ3n) is 1.51. The number of nitrogen functional groups attached to an aromatic ring is 1. The lowest BCUT2D eigenvalue weighted by Crippen LogP contribution is -2.09. The topological polar surface area (TPSA) is 92.5 Å². The number of H-pyrrole nitrogens is 2. The highest BCUT2D eigenvalue weighted by Crippen LogP contribution is 2.02. The van der Waals surface area contributed by atoms with Crippen molar-refractivity contribution >= 4 is 23.3 Å². The molecule has 6 nitrogen and oxygen atoms in total. The van der Waals surface area contributed by atoms with Gasteiger partial charge in [0.05, 0.1) is 6.33 Å². The van der Waals surface area contributed by atoms with E-state index in [1.54, 1.807) is 0 Å². The number of aromatic nitrogens is 4. The lowest BCUT2D eigenvalue weighted by molar-refractivity contribution is 0.829. The van der Waals surface area contributed by atoms with E-state index >= 15 is 0 Å². The summed E-state index contributed by atoms with van der Waals surface area (Å²) in [5.74, 6) is 5.39. The fourth-order valence-electron chi connectivity index (χ4n) is 0.968. The Balaban J connectivity index is 3.18. The average molecular weight is 183 g/mol. The van der Waals surface area contributed by atoms with Crippen molar-refractivity contribution in [3.63, 3.8) is 0 Å². The zero-order valence-electron chi connectivity index (χ0n) is 5.87. The van der Waals surface area contributed by atoms with Gasteiger partial charge in [-0.3, -0.25) is 9.89 Å². The summed E-state index contributed by atoms with van der Waals surface area (Å²) in [6, 6.07) is 0. The van der Waals surface area contributed by atoms with Gasteiger partial charge in [0.25, 0.3) is 5.56 Å². The fourth-order valence-corrected chi connectivity index (χ4v) is 1.20. The van der Waals surface area contributed by atoms with Crippen molar-refractivity contribution in [2.45, 2.75) is 0 Å². The van der Waals surface area contributed by atoms with Crippen LogP contribution >= 0.6 is 12.2 Å². The van der Waals surface area contributed by atoms with E-state index in [2.05, 4.69) is 15.1 Å². The molecule has 2 heterocycles. The van der Waals surface area contributed by atoms with Crippen molar-refractivity contribution in [1.82, 2.24) is 19.9 Å².